The Bertz CT molecular complexity index is 1620. The lowest BCUT2D eigenvalue weighted by Crippen LogP contribution is -2.28. The molecule has 42 heavy (non-hydrogen) atoms. The van der Waals surface area contributed by atoms with Crippen LogP contribution in [0.2, 0.25) is 0 Å². The molecule has 222 valence electrons. The number of aryl methyl sites for hydroxylation is 1. The molecule has 2 heterocycles. The molecule has 4 rings (SSSR count). The fourth-order valence-electron chi connectivity index (χ4n) is 6.06. The maximum Gasteiger partial charge on any atom is 0.356 e. The molecule has 7 nitrogen and oxygen atoms in total. The van der Waals surface area contributed by atoms with E-state index in [1.54, 1.807) is 12.1 Å². The van der Waals surface area contributed by atoms with Crippen LogP contribution in [-0.2, 0) is 20.2 Å². The summed E-state index contributed by atoms with van der Waals surface area (Å²) >= 11 is 0. The Morgan fingerprint density at radius 1 is 1.02 bits per heavy atom. The molecule has 0 radical (unpaired) electrons. The van der Waals surface area contributed by atoms with Gasteiger partial charge < -0.3 is 19.8 Å². The van der Waals surface area contributed by atoms with Crippen molar-refractivity contribution in [2.24, 2.45) is 0 Å². The third-order valence-electron chi connectivity index (χ3n) is 8.35. The molecule has 0 unspecified atom stereocenters. The molecule has 0 spiro atoms. The molecule has 0 amide bonds. The van der Waals surface area contributed by atoms with Crippen LogP contribution >= 0.6 is 7.60 Å². The number of likely N-dealkylation sites (N-methyl/N-ethyl adjacent to an activating group) is 1. The van der Waals surface area contributed by atoms with Crippen molar-refractivity contribution < 1.29 is 28.8 Å². The summed E-state index contributed by atoms with van der Waals surface area (Å²) in [6.07, 6.45) is 12.3. The first-order valence-electron chi connectivity index (χ1n) is 14.3. The highest BCUT2D eigenvalue weighted by atomic mass is 31.2. The number of fused-ring (bicyclic) bond motifs is 2. The van der Waals surface area contributed by atoms with E-state index in [-0.39, 0.29) is 17.1 Å². The monoisotopic (exact) mass is 589 g/mol. The highest BCUT2D eigenvalue weighted by Gasteiger charge is 2.44. The Hall–Kier alpha value is -3.51. The van der Waals surface area contributed by atoms with Gasteiger partial charge in [-0.2, -0.15) is 4.58 Å². The fourth-order valence-corrected chi connectivity index (χ4v) is 6.63. The van der Waals surface area contributed by atoms with Crippen LogP contribution in [-0.4, -0.2) is 44.2 Å². The third kappa shape index (κ3) is 6.00. The maximum atomic E-state index is 11.9. The largest absolute Gasteiger partial charge is 0.481 e. The van der Waals surface area contributed by atoms with Gasteiger partial charge in [0.1, 0.15) is 6.42 Å². The number of benzene rings is 2. The van der Waals surface area contributed by atoms with Crippen molar-refractivity contribution in [3.63, 3.8) is 0 Å². The predicted molar refractivity (Wildman–Crippen MR) is 171 cm³/mol. The molecule has 0 aliphatic carbocycles. The second-order valence-electron chi connectivity index (χ2n) is 12.1. The molecule has 8 heteroatoms. The van der Waals surface area contributed by atoms with Crippen molar-refractivity contribution in [3.8, 4) is 0 Å². The fraction of sp³-hybridized carbons (Fsp3) is 0.353. The first-order chi connectivity index (χ1) is 19.6. The van der Waals surface area contributed by atoms with Crippen molar-refractivity contribution in [3.05, 3.63) is 101 Å². The summed E-state index contributed by atoms with van der Waals surface area (Å²) in [6.45, 7) is 15.8. The van der Waals surface area contributed by atoms with Crippen LogP contribution in [0.25, 0.3) is 0 Å². The lowest BCUT2D eigenvalue weighted by Gasteiger charge is -2.25. The molecule has 0 bridgehead atoms. The van der Waals surface area contributed by atoms with Crippen molar-refractivity contribution in [2.75, 3.05) is 18.0 Å². The van der Waals surface area contributed by atoms with E-state index >= 15 is 0 Å². The Kier molecular flexibility index (Phi) is 8.71. The summed E-state index contributed by atoms with van der Waals surface area (Å²) < 4.78 is 14.0. The first-order valence-corrected chi connectivity index (χ1v) is 15.9. The smallest absolute Gasteiger partial charge is 0.356 e. The third-order valence-corrected chi connectivity index (χ3v) is 9.30. The van der Waals surface area contributed by atoms with Crippen LogP contribution in [0.1, 0.15) is 64.7 Å². The molecule has 0 atom stereocenters. The molecule has 3 N–H and O–H groups in total. The summed E-state index contributed by atoms with van der Waals surface area (Å²) in [6, 6.07) is 11.3. The van der Waals surface area contributed by atoms with Crippen LogP contribution in [0, 0.1) is 6.92 Å². The summed E-state index contributed by atoms with van der Waals surface area (Å²) in [5, 5.41) is 9.38. The van der Waals surface area contributed by atoms with Gasteiger partial charge >= 0.3 is 13.6 Å². The highest BCUT2D eigenvalue weighted by Crippen LogP contribution is 2.48. The number of nitrogens with zero attached hydrogens (tertiary/aromatic N) is 2. The minimum Gasteiger partial charge on any atom is -0.481 e. The van der Waals surface area contributed by atoms with Gasteiger partial charge in [0.15, 0.2) is 12.3 Å². The van der Waals surface area contributed by atoms with Crippen LogP contribution in [0.4, 0.5) is 11.4 Å². The van der Waals surface area contributed by atoms with Crippen LogP contribution in [0.15, 0.2) is 84.1 Å². The standard InChI is InChI=1S/C34H41N2O5P/c1-8-35-28-18-16-25(42(39,40)41)22-27(28)34(6,7)30(35)13-9-11-23(2)12-10-14-31-33(4,5)26-21-24(3)15-17-29(26)36(31)20-19-32(37)38/h9-18,21-22H,8,19-20H2,1-7H3,(H2-,37,38,39,40,41)/p+1. The number of rotatable bonds is 9. The number of carboxylic acids is 1. The number of anilines is 1. The lowest BCUT2D eigenvalue weighted by atomic mass is 9.81. The molecular weight excluding hydrogens is 547 g/mol. The Morgan fingerprint density at radius 2 is 1.74 bits per heavy atom. The molecule has 0 saturated carbocycles. The van der Waals surface area contributed by atoms with E-state index in [2.05, 4.69) is 81.4 Å². The number of carbonyl (C=O) groups is 1. The molecular formula is C34H42N2O5P+. The molecule has 2 aliphatic rings. The zero-order valence-electron chi connectivity index (χ0n) is 25.5. The van der Waals surface area contributed by atoms with E-state index in [1.165, 1.54) is 17.2 Å². The topological polar surface area (TPSA) is 101 Å². The molecule has 0 saturated heterocycles. The maximum absolute atomic E-state index is 11.9. The van der Waals surface area contributed by atoms with Gasteiger partial charge in [0.2, 0.25) is 5.69 Å². The molecule has 0 aromatic heterocycles. The Morgan fingerprint density at radius 3 is 2.38 bits per heavy atom. The molecule has 2 aliphatic heterocycles. The van der Waals surface area contributed by atoms with Crippen LogP contribution in [0.3, 0.4) is 0 Å². The van der Waals surface area contributed by atoms with E-state index in [4.69, 9.17) is 0 Å². The minimum atomic E-state index is -4.34. The second-order valence-corrected chi connectivity index (χ2v) is 13.7. The van der Waals surface area contributed by atoms with E-state index < -0.39 is 19.0 Å². The summed E-state index contributed by atoms with van der Waals surface area (Å²) in [7, 11) is -4.34. The van der Waals surface area contributed by atoms with Crippen LogP contribution in [0.5, 0.6) is 0 Å². The van der Waals surface area contributed by atoms with Crippen molar-refractivity contribution >= 4 is 36.0 Å². The predicted octanol–water partition coefficient (Wildman–Crippen LogP) is 6.41. The first kappa shape index (κ1) is 31.4. The minimum absolute atomic E-state index is 0.0378. The Labute approximate surface area is 249 Å². The van der Waals surface area contributed by atoms with Crippen molar-refractivity contribution in [1.82, 2.24) is 0 Å². The van der Waals surface area contributed by atoms with E-state index in [0.29, 0.717) is 6.54 Å². The quantitative estimate of drug-likeness (QED) is 0.178. The molecule has 2 aromatic rings. The van der Waals surface area contributed by atoms with E-state index in [9.17, 15) is 24.3 Å². The number of carboxylic acid groups (broad SMARTS) is 1. The lowest BCUT2D eigenvalue weighted by molar-refractivity contribution is -0.436. The number of aliphatic carboxylic acids is 1. The summed E-state index contributed by atoms with van der Waals surface area (Å²) in [4.78, 5) is 33.0. The van der Waals surface area contributed by atoms with Gasteiger partial charge in [-0.1, -0.05) is 55.4 Å². The molecule has 0 fully saturated rings. The van der Waals surface area contributed by atoms with E-state index in [0.717, 1.165) is 40.5 Å². The Balaban J connectivity index is 1.60. The van der Waals surface area contributed by atoms with Crippen molar-refractivity contribution in [1.29, 1.82) is 0 Å². The average molecular weight is 590 g/mol. The van der Waals surface area contributed by atoms with Gasteiger partial charge in [-0.15, -0.1) is 0 Å². The number of hydrogen-bond donors (Lipinski definition) is 3. The van der Waals surface area contributed by atoms with Gasteiger partial charge in [0, 0.05) is 41.1 Å². The second kappa shape index (κ2) is 11.6. The van der Waals surface area contributed by atoms with Gasteiger partial charge in [0.05, 0.1) is 10.7 Å². The van der Waals surface area contributed by atoms with E-state index in [1.807, 2.05) is 31.2 Å². The van der Waals surface area contributed by atoms with Crippen LogP contribution < -0.4 is 10.2 Å². The average Bonchev–Trinajstić information content (AvgIpc) is 3.24. The normalized spacial score (nSPS) is 18.9. The van der Waals surface area contributed by atoms with Gasteiger partial charge in [-0.25, -0.2) is 0 Å². The van der Waals surface area contributed by atoms with Crippen molar-refractivity contribution in [2.45, 2.75) is 65.7 Å². The summed E-state index contributed by atoms with van der Waals surface area (Å²) in [5.74, 6) is -0.816. The SMILES string of the molecule is CCN1/C(=C/C=C/C(C)=C/C=C/C2=[N+](CCC(=O)O)c3ccc(C)cc3C2(C)C)C(C)(C)c2cc(P(=O)(O)O)ccc21. The highest BCUT2D eigenvalue weighted by molar-refractivity contribution is 7.60. The zero-order chi connectivity index (χ0) is 31.0. The summed E-state index contributed by atoms with van der Waals surface area (Å²) in [5.41, 5.74) is 7.81. The van der Waals surface area contributed by atoms with Gasteiger partial charge in [-0.3, -0.25) is 9.36 Å². The van der Waals surface area contributed by atoms with Gasteiger partial charge in [0.25, 0.3) is 0 Å². The molecule has 2 aromatic carbocycles. The zero-order valence-corrected chi connectivity index (χ0v) is 26.4. The number of hydrogen-bond acceptors (Lipinski definition) is 3. The number of allylic oxidation sites excluding steroid dienone is 8. The van der Waals surface area contributed by atoms with Gasteiger partial charge in [-0.05, 0) is 70.5 Å².